The van der Waals surface area contributed by atoms with Gasteiger partial charge in [0.25, 0.3) is 0 Å². The summed E-state index contributed by atoms with van der Waals surface area (Å²) in [6, 6.07) is 0.924. The van der Waals surface area contributed by atoms with Gasteiger partial charge in [0.15, 0.2) is 0 Å². The second kappa shape index (κ2) is 5.61. The second-order valence-corrected chi connectivity index (χ2v) is 7.76. The van der Waals surface area contributed by atoms with Crippen LogP contribution in [0.25, 0.3) is 0 Å². The molecule has 0 bridgehead atoms. The summed E-state index contributed by atoms with van der Waals surface area (Å²) in [7, 11) is 0. The normalized spacial score (nSPS) is 32.5. The van der Waals surface area contributed by atoms with Crippen LogP contribution in [0.4, 0.5) is 0 Å². The molecule has 2 heteroatoms. The van der Waals surface area contributed by atoms with E-state index in [0.29, 0.717) is 5.41 Å². The Labute approximate surface area is 115 Å². The molecule has 1 saturated carbocycles. The van der Waals surface area contributed by atoms with E-state index in [4.69, 9.17) is 0 Å². The summed E-state index contributed by atoms with van der Waals surface area (Å²) in [5.74, 6) is 1.81. The number of fused-ring (bicyclic) bond motifs is 1. The largest absolute Gasteiger partial charge is 0.300 e. The van der Waals surface area contributed by atoms with Crippen molar-refractivity contribution in [3.63, 3.8) is 0 Å². The Morgan fingerprint density at radius 3 is 2.53 bits per heavy atom. The average Bonchev–Trinajstić information content (AvgIpc) is 2.72. The van der Waals surface area contributed by atoms with Gasteiger partial charge in [-0.3, -0.25) is 4.90 Å². The minimum absolute atomic E-state index is 0.426. The van der Waals surface area contributed by atoms with Crippen LogP contribution in [0.2, 0.25) is 0 Å². The molecule has 1 nitrogen and oxygen atoms in total. The summed E-state index contributed by atoms with van der Waals surface area (Å²) in [5, 5.41) is 1.14. The number of hydrogen-bond acceptors (Lipinski definition) is 1. The molecule has 0 spiro atoms. The summed E-state index contributed by atoms with van der Waals surface area (Å²) in [6.07, 6.45) is 7.36. The second-order valence-electron chi connectivity index (χ2n) is 7.11. The SMILES string of the molecule is CC(C)(C)C(CBr)CN1CCCC2CCCC21. The van der Waals surface area contributed by atoms with Crippen molar-refractivity contribution < 1.29 is 0 Å². The molecule has 1 aliphatic heterocycles. The van der Waals surface area contributed by atoms with E-state index < -0.39 is 0 Å². The Bertz CT molecular complexity index is 246. The van der Waals surface area contributed by atoms with Crippen molar-refractivity contribution in [3.05, 3.63) is 0 Å². The number of piperidine rings is 1. The van der Waals surface area contributed by atoms with Crippen LogP contribution < -0.4 is 0 Å². The monoisotopic (exact) mass is 301 g/mol. The molecule has 0 amide bonds. The van der Waals surface area contributed by atoms with Gasteiger partial charge in [-0.25, -0.2) is 0 Å². The molecule has 2 aliphatic rings. The zero-order valence-electron chi connectivity index (χ0n) is 11.7. The number of halogens is 1. The van der Waals surface area contributed by atoms with Gasteiger partial charge in [-0.15, -0.1) is 0 Å². The van der Waals surface area contributed by atoms with Gasteiger partial charge in [0, 0.05) is 17.9 Å². The fourth-order valence-electron chi connectivity index (χ4n) is 3.62. The van der Waals surface area contributed by atoms with Crippen LogP contribution in [0.3, 0.4) is 0 Å². The lowest BCUT2D eigenvalue weighted by molar-refractivity contribution is 0.0737. The zero-order valence-corrected chi connectivity index (χ0v) is 13.3. The lowest BCUT2D eigenvalue weighted by Crippen LogP contribution is -2.47. The van der Waals surface area contributed by atoms with E-state index in [9.17, 15) is 0 Å². The molecule has 3 atom stereocenters. The quantitative estimate of drug-likeness (QED) is 0.702. The van der Waals surface area contributed by atoms with Gasteiger partial charge in [0.1, 0.15) is 0 Å². The third kappa shape index (κ3) is 3.26. The van der Waals surface area contributed by atoms with Crippen molar-refractivity contribution in [2.45, 2.75) is 58.9 Å². The maximum Gasteiger partial charge on any atom is 0.0124 e. The van der Waals surface area contributed by atoms with Crippen LogP contribution in [0.15, 0.2) is 0 Å². The number of nitrogens with zero attached hydrogens (tertiary/aromatic N) is 1. The molecule has 2 rings (SSSR count). The molecule has 0 aromatic rings. The molecule has 0 aromatic heterocycles. The van der Waals surface area contributed by atoms with Crippen LogP contribution in [-0.2, 0) is 0 Å². The van der Waals surface area contributed by atoms with Gasteiger partial charge < -0.3 is 0 Å². The first-order chi connectivity index (χ1) is 8.02. The molecule has 2 fully saturated rings. The highest BCUT2D eigenvalue weighted by atomic mass is 79.9. The van der Waals surface area contributed by atoms with Crippen molar-refractivity contribution in [1.29, 1.82) is 0 Å². The standard InChI is InChI=1S/C15H28BrN/c1-15(2,3)13(10-16)11-17-9-5-7-12-6-4-8-14(12)17/h12-14H,4-11H2,1-3H3. The van der Waals surface area contributed by atoms with Gasteiger partial charge >= 0.3 is 0 Å². The van der Waals surface area contributed by atoms with Crippen molar-refractivity contribution in [2.24, 2.45) is 17.3 Å². The number of hydrogen-bond donors (Lipinski definition) is 0. The summed E-state index contributed by atoms with van der Waals surface area (Å²) in [5.41, 5.74) is 0.426. The number of likely N-dealkylation sites (tertiary alicyclic amines) is 1. The van der Waals surface area contributed by atoms with Crippen molar-refractivity contribution in [2.75, 3.05) is 18.4 Å². The smallest absolute Gasteiger partial charge is 0.0124 e. The van der Waals surface area contributed by atoms with E-state index in [1.54, 1.807) is 0 Å². The van der Waals surface area contributed by atoms with Crippen LogP contribution >= 0.6 is 15.9 Å². The van der Waals surface area contributed by atoms with Gasteiger partial charge in [-0.2, -0.15) is 0 Å². The maximum atomic E-state index is 3.72. The first-order valence-corrected chi connectivity index (χ1v) is 8.44. The predicted molar refractivity (Wildman–Crippen MR) is 78.7 cm³/mol. The minimum Gasteiger partial charge on any atom is -0.300 e. The molecule has 100 valence electrons. The molecule has 0 aromatic carbocycles. The van der Waals surface area contributed by atoms with E-state index in [1.165, 1.54) is 45.2 Å². The van der Waals surface area contributed by atoms with Crippen LogP contribution in [-0.4, -0.2) is 29.4 Å². The van der Waals surface area contributed by atoms with E-state index >= 15 is 0 Å². The lowest BCUT2D eigenvalue weighted by atomic mass is 9.80. The van der Waals surface area contributed by atoms with Gasteiger partial charge in [-0.05, 0) is 49.5 Å². The molecular weight excluding hydrogens is 274 g/mol. The maximum absolute atomic E-state index is 3.72. The van der Waals surface area contributed by atoms with Crippen molar-refractivity contribution in [1.82, 2.24) is 4.90 Å². The highest BCUT2D eigenvalue weighted by Gasteiger charge is 2.37. The Morgan fingerprint density at radius 1 is 1.18 bits per heavy atom. The van der Waals surface area contributed by atoms with Crippen molar-refractivity contribution >= 4 is 15.9 Å². The van der Waals surface area contributed by atoms with Gasteiger partial charge in [-0.1, -0.05) is 43.1 Å². The van der Waals surface area contributed by atoms with Crippen LogP contribution in [0.1, 0.15) is 52.9 Å². The van der Waals surface area contributed by atoms with Crippen molar-refractivity contribution in [3.8, 4) is 0 Å². The van der Waals surface area contributed by atoms with E-state index in [-0.39, 0.29) is 0 Å². The molecule has 1 saturated heterocycles. The molecule has 1 heterocycles. The summed E-state index contributed by atoms with van der Waals surface area (Å²) < 4.78 is 0. The Balaban J connectivity index is 1.97. The fourth-order valence-corrected chi connectivity index (χ4v) is 4.80. The van der Waals surface area contributed by atoms with Gasteiger partial charge in [0.2, 0.25) is 0 Å². The highest BCUT2D eigenvalue weighted by molar-refractivity contribution is 9.09. The van der Waals surface area contributed by atoms with E-state index in [0.717, 1.165) is 23.2 Å². The highest BCUT2D eigenvalue weighted by Crippen LogP contribution is 2.38. The molecule has 0 radical (unpaired) electrons. The number of alkyl halides is 1. The van der Waals surface area contributed by atoms with Gasteiger partial charge in [0.05, 0.1) is 0 Å². The first-order valence-electron chi connectivity index (χ1n) is 7.32. The summed E-state index contributed by atoms with van der Waals surface area (Å²) >= 11 is 3.72. The molecule has 0 N–H and O–H groups in total. The zero-order chi connectivity index (χ0) is 12.5. The summed E-state index contributed by atoms with van der Waals surface area (Å²) in [6.45, 7) is 9.80. The average molecular weight is 302 g/mol. The molecule has 3 unspecified atom stereocenters. The van der Waals surface area contributed by atoms with Crippen LogP contribution in [0.5, 0.6) is 0 Å². The molecular formula is C15H28BrN. The minimum atomic E-state index is 0.426. The first kappa shape index (κ1) is 13.9. The molecule has 17 heavy (non-hydrogen) atoms. The Morgan fingerprint density at radius 2 is 1.88 bits per heavy atom. The fraction of sp³-hybridized carbons (Fsp3) is 1.00. The Hall–Kier alpha value is 0.440. The third-order valence-electron chi connectivity index (χ3n) is 4.97. The van der Waals surface area contributed by atoms with E-state index in [1.807, 2.05) is 0 Å². The number of rotatable bonds is 3. The summed E-state index contributed by atoms with van der Waals surface area (Å²) in [4.78, 5) is 2.82. The molecule has 1 aliphatic carbocycles. The lowest BCUT2D eigenvalue weighted by Gasteiger charge is -2.42. The van der Waals surface area contributed by atoms with E-state index in [2.05, 4.69) is 41.6 Å². The third-order valence-corrected chi connectivity index (χ3v) is 5.76. The Kier molecular flexibility index (Phi) is 4.57. The van der Waals surface area contributed by atoms with Crippen LogP contribution in [0, 0.1) is 17.3 Å². The topological polar surface area (TPSA) is 3.24 Å². The predicted octanol–water partition coefficient (Wildman–Crippen LogP) is 4.31.